The molecule has 1 saturated heterocycles. The number of ether oxygens (including phenoxy) is 1. The summed E-state index contributed by atoms with van der Waals surface area (Å²) >= 11 is 0.978. The molecule has 2 N–H and O–H groups in total. The SMILES string of the molecule is CCCc1ccc(N2CC(CC(C(=O)NO)N(C)SOC)OC2=O)cc1. The molecule has 1 aliphatic heterocycles. The average molecular weight is 383 g/mol. The molecule has 2 atom stereocenters. The third kappa shape index (κ3) is 5.10. The highest BCUT2D eigenvalue weighted by molar-refractivity contribution is 7.92. The number of nitrogens with one attached hydrogen (secondary N) is 1. The molecule has 0 aliphatic carbocycles. The molecule has 2 unspecified atom stereocenters. The van der Waals surface area contributed by atoms with Crippen LogP contribution in [0.4, 0.5) is 10.5 Å². The van der Waals surface area contributed by atoms with E-state index < -0.39 is 24.1 Å². The number of benzene rings is 1. The first-order chi connectivity index (χ1) is 12.5. The number of carbonyl (C=O) groups excluding carboxylic acids is 2. The second-order valence-corrected chi connectivity index (χ2v) is 7.11. The summed E-state index contributed by atoms with van der Waals surface area (Å²) < 4.78 is 11.9. The normalized spacial score (nSPS) is 18.1. The highest BCUT2D eigenvalue weighted by Crippen LogP contribution is 2.26. The van der Waals surface area contributed by atoms with E-state index in [4.69, 9.17) is 14.1 Å². The maximum atomic E-state index is 12.2. The van der Waals surface area contributed by atoms with Crippen LogP contribution in [0.25, 0.3) is 0 Å². The van der Waals surface area contributed by atoms with Crippen LogP contribution in [0.3, 0.4) is 0 Å². The third-order valence-electron chi connectivity index (χ3n) is 4.19. The van der Waals surface area contributed by atoms with Crippen LogP contribution in [-0.2, 0) is 20.1 Å². The lowest BCUT2D eigenvalue weighted by Crippen LogP contribution is -2.44. The minimum atomic E-state index is -0.713. The summed E-state index contributed by atoms with van der Waals surface area (Å²) in [4.78, 5) is 25.7. The minimum Gasteiger partial charge on any atom is -0.444 e. The number of cyclic esters (lactones) is 1. The number of carbonyl (C=O) groups is 2. The van der Waals surface area contributed by atoms with Gasteiger partial charge < -0.3 is 8.92 Å². The number of hydrogen-bond acceptors (Lipinski definition) is 7. The number of nitrogens with zero attached hydrogens (tertiary/aromatic N) is 2. The summed E-state index contributed by atoms with van der Waals surface area (Å²) in [6.45, 7) is 2.46. The van der Waals surface area contributed by atoms with E-state index in [1.54, 1.807) is 21.7 Å². The van der Waals surface area contributed by atoms with E-state index in [2.05, 4.69) is 6.92 Å². The predicted octanol–water partition coefficient (Wildman–Crippen LogP) is 2.37. The maximum Gasteiger partial charge on any atom is 0.414 e. The zero-order valence-electron chi connectivity index (χ0n) is 15.2. The average Bonchev–Trinajstić information content (AvgIpc) is 3.00. The predicted molar refractivity (Wildman–Crippen MR) is 98.7 cm³/mol. The van der Waals surface area contributed by atoms with Crippen molar-refractivity contribution in [2.75, 3.05) is 25.6 Å². The molecule has 1 aromatic rings. The van der Waals surface area contributed by atoms with Gasteiger partial charge in [-0.15, -0.1) is 0 Å². The van der Waals surface area contributed by atoms with Gasteiger partial charge in [0, 0.05) is 19.2 Å². The Balaban J connectivity index is 2.04. The molecular formula is C17H25N3O5S. The Kier molecular flexibility index (Phi) is 7.70. The van der Waals surface area contributed by atoms with Crippen molar-refractivity contribution in [3.05, 3.63) is 29.8 Å². The van der Waals surface area contributed by atoms with E-state index in [-0.39, 0.29) is 6.42 Å². The molecule has 0 bridgehead atoms. The van der Waals surface area contributed by atoms with Crippen LogP contribution in [0.5, 0.6) is 0 Å². The van der Waals surface area contributed by atoms with Gasteiger partial charge in [-0.05, 0) is 24.1 Å². The van der Waals surface area contributed by atoms with E-state index in [0.29, 0.717) is 6.54 Å². The van der Waals surface area contributed by atoms with Crippen LogP contribution < -0.4 is 10.4 Å². The fourth-order valence-corrected chi connectivity index (χ4v) is 3.42. The van der Waals surface area contributed by atoms with Crippen LogP contribution in [-0.4, -0.2) is 54.4 Å². The summed E-state index contributed by atoms with van der Waals surface area (Å²) in [6, 6.07) is 7.10. The molecule has 1 aliphatic rings. The van der Waals surface area contributed by atoms with Crippen molar-refractivity contribution in [1.29, 1.82) is 0 Å². The summed E-state index contributed by atoms with van der Waals surface area (Å²) in [5.74, 6) is -0.588. The molecule has 0 saturated carbocycles. The van der Waals surface area contributed by atoms with Crippen molar-refractivity contribution < 1.29 is 23.7 Å². The van der Waals surface area contributed by atoms with Gasteiger partial charge in [0.05, 0.1) is 25.9 Å². The minimum absolute atomic E-state index is 0.232. The fraction of sp³-hybridized carbons (Fsp3) is 0.529. The molecule has 0 spiro atoms. The van der Waals surface area contributed by atoms with Crippen LogP contribution in [0.2, 0.25) is 0 Å². The fourth-order valence-electron chi connectivity index (χ4n) is 2.90. The summed E-state index contributed by atoms with van der Waals surface area (Å²) in [5, 5.41) is 8.95. The largest absolute Gasteiger partial charge is 0.444 e. The molecule has 1 heterocycles. The van der Waals surface area contributed by atoms with Crippen molar-refractivity contribution in [2.24, 2.45) is 0 Å². The molecule has 0 radical (unpaired) electrons. The summed E-state index contributed by atoms with van der Waals surface area (Å²) in [5.41, 5.74) is 3.63. The van der Waals surface area contributed by atoms with Crippen LogP contribution in [0, 0.1) is 0 Å². The van der Waals surface area contributed by atoms with Gasteiger partial charge in [0.1, 0.15) is 12.1 Å². The number of anilines is 1. The van der Waals surface area contributed by atoms with Crippen molar-refractivity contribution in [2.45, 2.75) is 38.3 Å². The van der Waals surface area contributed by atoms with E-state index in [1.165, 1.54) is 12.7 Å². The molecule has 2 amide bonds. The highest BCUT2D eigenvalue weighted by atomic mass is 32.2. The quantitative estimate of drug-likeness (QED) is 0.293. The monoisotopic (exact) mass is 383 g/mol. The smallest absolute Gasteiger partial charge is 0.414 e. The number of aryl methyl sites for hydroxylation is 1. The number of rotatable bonds is 9. The van der Waals surface area contributed by atoms with Gasteiger partial charge in [-0.1, -0.05) is 25.5 Å². The van der Waals surface area contributed by atoms with Gasteiger partial charge in [0.25, 0.3) is 5.91 Å². The van der Waals surface area contributed by atoms with Gasteiger partial charge in [-0.25, -0.2) is 14.6 Å². The van der Waals surface area contributed by atoms with Crippen LogP contribution in [0.1, 0.15) is 25.3 Å². The van der Waals surface area contributed by atoms with Gasteiger partial charge in [-0.3, -0.25) is 14.9 Å². The summed E-state index contributed by atoms with van der Waals surface area (Å²) in [7, 11) is 3.14. The Morgan fingerprint density at radius 2 is 2.19 bits per heavy atom. The Labute approximate surface area is 157 Å². The van der Waals surface area contributed by atoms with E-state index in [9.17, 15) is 9.59 Å². The molecule has 9 heteroatoms. The van der Waals surface area contributed by atoms with Crippen molar-refractivity contribution in [1.82, 2.24) is 9.79 Å². The molecule has 0 aromatic heterocycles. The van der Waals surface area contributed by atoms with Gasteiger partial charge in [-0.2, -0.15) is 0 Å². The molecule has 1 fully saturated rings. The molecular weight excluding hydrogens is 358 g/mol. The molecule has 8 nitrogen and oxygen atoms in total. The van der Waals surface area contributed by atoms with Crippen molar-refractivity contribution in [3.63, 3.8) is 0 Å². The van der Waals surface area contributed by atoms with Gasteiger partial charge in [0.15, 0.2) is 0 Å². The second-order valence-electron chi connectivity index (χ2n) is 6.05. The maximum absolute atomic E-state index is 12.2. The Morgan fingerprint density at radius 1 is 1.50 bits per heavy atom. The van der Waals surface area contributed by atoms with Crippen LogP contribution in [0.15, 0.2) is 24.3 Å². The molecule has 1 aromatic carbocycles. The zero-order valence-corrected chi connectivity index (χ0v) is 16.0. The topological polar surface area (TPSA) is 91.3 Å². The number of likely N-dealkylation sites (N-methyl/N-ethyl adjacent to an activating group) is 1. The highest BCUT2D eigenvalue weighted by Gasteiger charge is 2.37. The van der Waals surface area contributed by atoms with Crippen molar-refractivity contribution >= 4 is 29.9 Å². The Hall–Kier alpha value is -1.81. The molecule has 144 valence electrons. The van der Waals surface area contributed by atoms with E-state index in [1.807, 2.05) is 24.3 Å². The van der Waals surface area contributed by atoms with Crippen molar-refractivity contribution in [3.8, 4) is 0 Å². The lowest BCUT2D eigenvalue weighted by molar-refractivity contribution is -0.133. The number of hydrogen-bond donors (Lipinski definition) is 2. The standard InChI is InChI=1S/C17H25N3O5S/c1-4-5-12-6-8-13(9-7-12)20-11-14(25-17(20)22)10-15(16(21)18-23)19(2)26-24-3/h6-9,14-15,23H,4-5,10-11H2,1-3H3,(H,18,21). The number of hydroxylamine groups is 1. The molecule has 26 heavy (non-hydrogen) atoms. The third-order valence-corrected chi connectivity index (χ3v) is 4.83. The number of amides is 2. The van der Waals surface area contributed by atoms with E-state index in [0.717, 1.165) is 30.8 Å². The summed E-state index contributed by atoms with van der Waals surface area (Å²) in [6.07, 6.45) is 1.38. The van der Waals surface area contributed by atoms with Gasteiger partial charge >= 0.3 is 6.09 Å². The first kappa shape index (κ1) is 20.5. The molecule has 2 rings (SSSR count). The lowest BCUT2D eigenvalue weighted by Gasteiger charge is -2.25. The Morgan fingerprint density at radius 3 is 2.77 bits per heavy atom. The van der Waals surface area contributed by atoms with Crippen LogP contribution >= 0.6 is 12.2 Å². The first-order valence-electron chi connectivity index (χ1n) is 8.44. The van der Waals surface area contributed by atoms with Gasteiger partial charge in [0.2, 0.25) is 0 Å². The Bertz CT molecular complexity index is 613. The van der Waals surface area contributed by atoms with E-state index >= 15 is 0 Å². The second kappa shape index (κ2) is 9.77. The first-order valence-corrected chi connectivity index (χ1v) is 9.14. The lowest BCUT2D eigenvalue weighted by atomic mass is 10.1. The zero-order chi connectivity index (χ0) is 19.1.